The molecule has 11 aromatic rings. The molecule has 0 N–H and O–H groups in total. The first-order valence-electron chi connectivity index (χ1n) is 17.6. The molecule has 236 valence electrons. The van der Waals surface area contributed by atoms with E-state index in [4.69, 9.17) is 4.42 Å². The van der Waals surface area contributed by atoms with Gasteiger partial charge in [-0.25, -0.2) is 0 Å². The molecule has 0 amide bonds. The molecule has 10 aromatic carbocycles. The normalized spacial score (nSPS) is 11.9. The van der Waals surface area contributed by atoms with Crippen molar-refractivity contribution >= 4 is 75.8 Å². The largest absolute Gasteiger partial charge is 0.455 e. The van der Waals surface area contributed by atoms with Crippen molar-refractivity contribution in [1.29, 1.82) is 0 Å². The maximum absolute atomic E-state index is 6.93. The van der Waals surface area contributed by atoms with Crippen LogP contribution < -0.4 is 0 Å². The second-order valence-electron chi connectivity index (χ2n) is 13.6. The zero-order valence-corrected chi connectivity index (χ0v) is 27.7. The first-order chi connectivity index (χ1) is 25.3. The first-order valence-corrected chi connectivity index (χ1v) is 17.6. The Morgan fingerprint density at radius 2 is 0.765 bits per heavy atom. The van der Waals surface area contributed by atoms with E-state index in [1.165, 1.54) is 76.3 Å². The minimum absolute atomic E-state index is 0.925. The third-order valence-corrected chi connectivity index (χ3v) is 10.8. The van der Waals surface area contributed by atoms with E-state index in [2.05, 4.69) is 182 Å². The lowest BCUT2D eigenvalue weighted by Crippen LogP contribution is -1.93. The Kier molecular flexibility index (Phi) is 6.02. The predicted octanol–water partition coefficient (Wildman–Crippen LogP) is 14.4. The van der Waals surface area contributed by atoms with Crippen molar-refractivity contribution in [3.8, 4) is 33.4 Å². The van der Waals surface area contributed by atoms with Crippen LogP contribution in [-0.4, -0.2) is 0 Å². The van der Waals surface area contributed by atoms with Gasteiger partial charge in [-0.1, -0.05) is 164 Å². The highest BCUT2D eigenvalue weighted by atomic mass is 16.3. The minimum Gasteiger partial charge on any atom is -0.455 e. The average molecular weight is 647 g/mol. The highest BCUT2D eigenvalue weighted by Crippen LogP contribution is 2.49. The van der Waals surface area contributed by atoms with Crippen LogP contribution in [0.3, 0.4) is 0 Å². The lowest BCUT2D eigenvalue weighted by molar-refractivity contribution is 0.674. The number of rotatable bonds is 3. The summed E-state index contributed by atoms with van der Waals surface area (Å²) in [6, 6.07) is 66.3. The molecule has 11 rings (SSSR count). The number of benzene rings is 10. The molecule has 51 heavy (non-hydrogen) atoms. The van der Waals surface area contributed by atoms with Crippen molar-refractivity contribution in [2.24, 2.45) is 0 Å². The second-order valence-corrected chi connectivity index (χ2v) is 13.6. The van der Waals surface area contributed by atoms with Gasteiger partial charge in [0.2, 0.25) is 0 Å². The zero-order valence-electron chi connectivity index (χ0n) is 27.7. The van der Waals surface area contributed by atoms with E-state index in [0.29, 0.717) is 0 Å². The van der Waals surface area contributed by atoms with Gasteiger partial charge in [-0.05, 0) is 88.9 Å². The van der Waals surface area contributed by atoms with Gasteiger partial charge in [0.05, 0.1) is 0 Å². The maximum atomic E-state index is 6.93. The fourth-order valence-corrected chi connectivity index (χ4v) is 8.55. The lowest BCUT2D eigenvalue weighted by Gasteiger charge is -2.21. The third-order valence-electron chi connectivity index (χ3n) is 10.8. The number of hydrogen-bond acceptors (Lipinski definition) is 1. The smallest absolute Gasteiger partial charge is 0.143 e. The molecule has 0 saturated carbocycles. The Morgan fingerprint density at radius 1 is 0.255 bits per heavy atom. The van der Waals surface area contributed by atoms with E-state index in [0.717, 1.165) is 32.9 Å². The number of fused-ring (bicyclic) bond motifs is 10. The molecule has 0 radical (unpaired) electrons. The van der Waals surface area contributed by atoms with E-state index in [-0.39, 0.29) is 0 Å². The summed E-state index contributed by atoms with van der Waals surface area (Å²) in [5.41, 5.74) is 9.10. The Labute approximate surface area is 294 Å². The molecule has 0 atom stereocenters. The zero-order chi connectivity index (χ0) is 33.5. The topological polar surface area (TPSA) is 13.1 Å². The van der Waals surface area contributed by atoms with E-state index in [1.54, 1.807) is 0 Å². The minimum atomic E-state index is 0.925. The predicted molar refractivity (Wildman–Crippen MR) is 218 cm³/mol. The average Bonchev–Trinajstić information content (AvgIpc) is 3.60. The molecule has 1 heteroatoms. The maximum Gasteiger partial charge on any atom is 0.143 e. The summed E-state index contributed by atoms with van der Waals surface area (Å²) in [7, 11) is 0. The summed E-state index contributed by atoms with van der Waals surface area (Å²) >= 11 is 0. The van der Waals surface area contributed by atoms with Crippen LogP contribution in [0.2, 0.25) is 0 Å². The van der Waals surface area contributed by atoms with Gasteiger partial charge in [-0.15, -0.1) is 0 Å². The van der Waals surface area contributed by atoms with Crippen molar-refractivity contribution in [2.75, 3.05) is 0 Å². The Bertz CT molecular complexity index is 3130. The molecule has 0 fully saturated rings. The van der Waals surface area contributed by atoms with Crippen molar-refractivity contribution in [3.05, 3.63) is 182 Å². The third kappa shape index (κ3) is 4.16. The molecular formula is C50H30O. The van der Waals surface area contributed by atoms with E-state index >= 15 is 0 Å². The van der Waals surface area contributed by atoms with Crippen molar-refractivity contribution in [1.82, 2.24) is 0 Å². The van der Waals surface area contributed by atoms with E-state index in [9.17, 15) is 0 Å². The van der Waals surface area contributed by atoms with Gasteiger partial charge in [0.25, 0.3) is 0 Å². The molecular weight excluding hydrogens is 617 g/mol. The standard InChI is InChI=1S/C50H30O/c1-2-13-31(14-3-1)44-29-34-26-25-32-15-4-6-17-35(32)45(34)30-46(44)48-39-21-10-8-19-37(39)47(38-20-9-11-22-40(38)48)43-24-12-23-41-42-28-27-33-16-5-7-18-36(33)49(42)51-50(41)43/h1-30H. The van der Waals surface area contributed by atoms with Crippen LogP contribution in [0, 0.1) is 0 Å². The summed E-state index contributed by atoms with van der Waals surface area (Å²) in [6.45, 7) is 0. The van der Waals surface area contributed by atoms with E-state index < -0.39 is 0 Å². The SMILES string of the molecule is c1ccc(-c2cc3ccc4ccccc4c3cc2-c2c3ccccc3c(-c3cccc4c3oc3c5ccccc5ccc43)c3ccccc23)cc1. The van der Waals surface area contributed by atoms with E-state index in [1.807, 2.05) is 0 Å². The number of hydrogen-bond donors (Lipinski definition) is 0. The van der Waals surface area contributed by atoms with Crippen molar-refractivity contribution in [2.45, 2.75) is 0 Å². The lowest BCUT2D eigenvalue weighted by atomic mass is 9.82. The Balaban J connectivity index is 1.29. The summed E-state index contributed by atoms with van der Waals surface area (Å²) < 4.78 is 6.93. The van der Waals surface area contributed by atoms with Crippen LogP contribution in [0.4, 0.5) is 0 Å². The van der Waals surface area contributed by atoms with Gasteiger partial charge in [0, 0.05) is 27.3 Å². The monoisotopic (exact) mass is 646 g/mol. The van der Waals surface area contributed by atoms with Crippen LogP contribution in [0.1, 0.15) is 0 Å². The first kappa shape index (κ1) is 28.2. The van der Waals surface area contributed by atoms with Gasteiger partial charge in [-0.2, -0.15) is 0 Å². The molecule has 0 aliphatic rings. The summed E-state index contributed by atoms with van der Waals surface area (Å²) in [5, 5.41) is 14.5. The van der Waals surface area contributed by atoms with Gasteiger partial charge in [-0.3, -0.25) is 0 Å². The van der Waals surface area contributed by atoms with Gasteiger partial charge in [0.15, 0.2) is 0 Å². The van der Waals surface area contributed by atoms with Gasteiger partial charge >= 0.3 is 0 Å². The highest BCUT2D eigenvalue weighted by Gasteiger charge is 2.22. The summed E-state index contributed by atoms with van der Waals surface area (Å²) in [5.74, 6) is 0. The van der Waals surface area contributed by atoms with Crippen molar-refractivity contribution < 1.29 is 4.42 Å². The highest BCUT2D eigenvalue weighted by molar-refractivity contribution is 6.26. The fraction of sp³-hybridized carbons (Fsp3) is 0. The molecule has 0 bridgehead atoms. The number of para-hydroxylation sites is 1. The second kappa shape index (κ2) is 10.9. The molecule has 0 unspecified atom stereocenters. The fourth-order valence-electron chi connectivity index (χ4n) is 8.55. The number of furan rings is 1. The Morgan fingerprint density at radius 3 is 1.47 bits per heavy atom. The molecule has 0 aliphatic heterocycles. The molecule has 0 spiro atoms. The quantitative estimate of drug-likeness (QED) is 0.138. The van der Waals surface area contributed by atoms with Gasteiger partial charge in [0.1, 0.15) is 11.2 Å². The van der Waals surface area contributed by atoms with Crippen LogP contribution in [0.25, 0.3) is 109 Å². The molecule has 0 aliphatic carbocycles. The summed E-state index contributed by atoms with van der Waals surface area (Å²) in [6.07, 6.45) is 0. The molecule has 1 aromatic heterocycles. The Hall–Kier alpha value is -6.70. The molecule has 1 nitrogen and oxygen atoms in total. The van der Waals surface area contributed by atoms with Crippen LogP contribution >= 0.6 is 0 Å². The van der Waals surface area contributed by atoms with Crippen molar-refractivity contribution in [3.63, 3.8) is 0 Å². The molecule has 1 heterocycles. The molecule has 0 saturated heterocycles. The van der Waals surface area contributed by atoms with Crippen LogP contribution in [0.15, 0.2) is 186 Å². The van der Waals surface area contributed by atoms with Gasteiger partial charge < -0.3 is 4.42 Å². The van der Waals surface area contributed by atoms with Crippen LogP contribution in [0.5, 0.6) is 0 Å². The summed E-state index contributed by atoms with van der Waals surface area (Å²) in [4.78, 5) is 0. The van der Waals surface area contributed by atoms with Crippen LogP contribution in [-0.2, 0) is 0 Å².